The van der Waals surface area contributed by atoms with Crippen molar-refractivity contribution in [3.8, 4) is 0 Å². The normalized spacial score (nSPS) is 11.6. The van der Waals surface area contributed by atoms with Crippen molar-refractivity contribution in [2.75, 3.05) is 20.9 Å². The Labute approximate surface area is 243 Å². The maximum absolute atomic E-state index is 13.6. The topological polar surface area (TPSA) is 113 Å². The lowest BCUT2D eigenvalue weighted by Crippen LogP contribution is -2.38. The van der Waals surface area contributed by atoms with Crippen LogP contribution in [-0.2, 0) is 24.8 Å². The van der Waals surface area contributed by atoms with Crippen LogP contribution in [0, 0.1) is 13.8 Å². The van der Waals surface area contributed by atoms with Gasteiger partial charge in [-0.2, -0.15) is 0 Å². The minimum Gasteiger partial charge on any atom is -0.325 e. The number of nitrogens with one attached hydrogen (secondary N) is 2. The molecule has 0 atom stereocenters. The molecule has 0 heterocycles. The zero-order chi connectivity index (χ0) is 29.1. The highest BCUT2D eigenvalue weighted by Crippen LogP contribution is 2.33. The average Bonchev–Trinajstić information content (AvgIpc) is 2.90. The lowest BCUT2D eigenvalue weighted by atomic mass is 10.2. The van der Waals surface area contributed by atoms with E-state index in [4.69, 9.17) is 23.2 Å². The molecule has 0 fully saturated rings. The number of nitrogens with zero attached hydrogens (tertiary/aromatic N) is 1. The van der Waals surface area contributed by atoms with Gasteiger partial charge in [-0.15, -0.1) is 0 Å². The monoisotopic (exact) mass is 617 g/mol. The number of aryl methyl sites for hydroxylation is 2. The van der Waals surface area contributed by atoms with Crippen LogP contribution in [0.25, 0.3) is 0 Å². The second kappa shape index (κ2) is 11.9. The number of sulfonamides is 2. The maximum atomic E-state index is 13.6. The Hall–Kier alpha value is -3.57. The molecule has 208 valence electrons. The molecule has 0 saturated heterocycles. The highest BCUT2D eigenvalue weighted by molar-refractivity contribution is 7.93. The molecule has 8 nitrogen and oxygen atoms in total. The van der Waals surface area contributed by atoms with Gasteiger partial charge in [-0.3, -0.25) is 13.8 Å². The van der Waals surface area contributed by atoms with Gasteiger partial charge < -0.3 is 5.32 Å². The number of benzene rings is 4. The maximum Gasteiger partial charge on any atom is 0.264 e. The van der Waals surface area contributed by atoms with Crippen LogP contribution >= 0.6 is 23.2 Å². The molecule has 0 unspecified atom stereocenters. The first kappa shape index (κ1) is 29.4. The predicted octanol–water partition coefficient (Wildman–Crippen LogP) is 6.25. The molecule has 40 heavy (non-hydrogen) atoms. The van der Waals surface area contributed by atoms with Crippen molar-refractivity contribution in [2.24, 2.45) is 0 Å². The molecule has 4 aromatic carbocycles. The van der Waals surface area contributed by atoms with Gasteiger partial charge in [0.25, 0.3) is 20.0 Å². The fourth-order valence-electron chi connectivity index (χ4n) is 3.75. The smallest absolute Gasteiger partial charge is 0.264 e. The summed E-state index contributed by atoms with van der Waals surface area (Å²) in [5, 5.41) is 2.93. The number of carbonyl (C=O) groups excluding carboxylic acids is 1. The summed E-state index contributed by atoms with van der Waals surface area (Å²) in [6, 6.07) is 23.0. The second-order valence-corrected chi connectivity index (χ2v) is 13.3. The molecule has 4 rings (SSSR count). The van der Waals surface area contributed by atoms with Crippen LogP contribution in [0.3, 0.4) is 0 Å². The summed E-state index contributed by atoms with van der Waals surface area (Å²) in [7, 11) is -8.09. The van der Waals surface area contributed by atoms with Gasteiger partial charge in [0.1, 0.15) is 6.54 Å². The van der Waals surface area contributed by atoms with E-state index in [2.05, 4.69) is 10.0 Å². The third kappa shape index (κ3) is 6.76. The van der Waals surface area contributed by atoms with E-state index in [-0.39, 0.29) is 31.2 Å². The van der Waals surface area contributed by atoms with Gasteiger partial charge >= 0.3 is 0 Å². The summed E-state index contributed by atoms with van der Waals surface area (Å²) in [6.07, 6.45) is 0. The van der Waals surface area contributed by atoms with Gasteiger partial charge in [-0.1, -0.05) is 59.1 Å². The van der Waals surface area contributed by atoms with E-state index in [1.54, 1.807) is 43.3 Å². The minimum absolute atomic E-state index is 0.0111. The molecule has 0 radical (unpaired) electrons. The standard InChI is InChI=1S/C28H25Cl2N3O5S2/c1-19-7-12-24(13-8-19)40(37,38)33(27-17-21(29)9-16-25(27)30)18-28(34)31-22-10-14-23(15-11-22)39(35,36)32-26-6-4-3-5-20(26)2/h3-17,32H,18H2,1-2H3,(H,31,34). The summed E-state index contributed by atoms with van der Waals surface area (Å²) in [5.74, 6) is -0.680. The molecular weight excluding hydrogens is 593 g/mol. The lowest BCUT2D eigenvalue weighted by molar-refractivity contribution is -0.114. The molecule has 0 bridgehead atoms. The number of hydrogen-bond acceptors (Lipinski definition) is 5. The second-order valence-electron chi connectivity index (χ2n) is 8.91. The van der Waals surface area contributed by atoms with Crippen LogP contribution in [0.15, 0.2) is 101 Å². The van der Waals surface area contributed by atoms with Crippen molar-refractivity contribution in [3.63, 3.8) is 0 Å². The molecule has 0 aliphatic carbocycles. The molecule has 12 heteroatoms. The fraction of sp³-hybridized carbons (Fsp3) is 0.107. The van der Waals surface area contributed by atoms with E-state index in [1.807, 2.05) is 6.92 Å². The van der Waals surface area contributed by atoms with Gasteiger partial charge in [0.05, 0.1) is 26.2 Å². The molecule has 0 spiro atoms. The minimum atomic E-state index is -4.22. The molecule has 0 aliphatic rings. The van der Waals surface area contributed by atoms with Crippen molar-refractivity contribution in [1.82, 2.24) is 0 Å². The Kier molecular flexibility index (Phi) is 8.74. The number of rotatable bonds is 9. The van der Waals surface area contributed by atoms with E-state index < -0.39 is 32.5 Å². The quantitative estimate of drug-likeness (QED) is 0.231. The van der Waals surface area contributed by atoms with E-state index in [1.165, 1.54) is 54.6 Å². The van der Waals surface area contributed by atoms with Crippen LogP contribution in [0.2, 0.25) is 10.0 Å². The van der Waals surface area contributed by atoms with Crippen molar-refractivity contribution in [2.45, 2.75) is 23.6 Å². The van der Waals surface area contributed by atoms with Crippen molar-refractivity contribution in [3.05, 3.63) is 112 Å². The van der Waals surface area contributed by atoms with Gasteiger partial charge in [0, 0.05) is 10.7 Å². The third-order valence-electron chi connectivity index (χ3n) is 5.91. The first-order valence-electron chi connectivity index (χ1n) is 11.9. The number of para-hydroxylation sites is 1. The highest BCUT2D eigenvalue weighted by Gasteiger charge is 2.29. The van der Waals surface area contributed by atoms with Gasteiger partial charge in [-0.05, 0) is 80.1 Å². The third-order valence-corrected chi connectivity index (χ3v) is 9.62. The molecule has 0 aliphatic heterocycles. The van der Waals surface area contributed by atoms with Crippen LogP contribution in [0.1, 0.15) is 11.1 Å². The summed E-state index contributed by atoms with van der Waals surface area (Å²) in [5.41, 5.74) is 2.39. The SMILES string of the molecule is Cc1ccc(S(=O)(=O)N(CC(=O)Nc2ccc(S(=O)(=O)Nc3ccccc3C)cc2)c2cc(Cl)ccc2Cl)cc1. The van der Waals surface area contributed by atoms with Crippen molar-refractivity contribution in [1.29, 1.82) is 0 Å². The Balaban J connectivity index is 1.57. The summed E-state index contributed by atoms with van der Waals surface area (Å²) in [4.78, 5) is 13.0. The van der Waals surface area contributed by atoms with E-state index in [0.717, 1.165) is 15.4 Å². The van der Waals surface area contributed by atoms with E-state index in [9.17, 15) is 21.6 Å². The Bertz CT molecular complexity index is 1760. The fourth-order valence-corrected chi connectivity index (χ4v) is 6.75. The lowest BCUT2D eigenvalue weighted by Gasteiger charge is -2.25. The molecule has 2 N–H and O–H groups in total. The molecule has 0 saturated carbocycles. The summed E-state index contributed by atoms with van der Waals surface area (Å²) in [6.45, 7) is 2.99. The molecule has 0 aromatic heterocycles. The first-order chi connectivity index (χ1) is 18.9. The summed E-state index contributed by atoms with van der Waals surface area (Å²) >= 11 is 12.4. The summed E-state index contributed by atoms with van der Waals surface area (Å²) < 4.78 is 56.3. The Morgan fingerprint density at radius 2 is 1.43 bits per heavy atom. The van der Waals surface area contributed by atoms with Crippen LogP contribution in [0.4, 0.5) is 17.1 Å². The molecule has 4 aromatic rings. The predicted molar refractivity (Wildman–Crippen MR) is 159 cm³/mol. The number of hydrogen-bond donors (Lipinski definition) is 2. The van der Waals surface area contributed by atoms with Gasteiger partial charge in [0.15, 0.2) is 0 Å². The first-order valence-corrected chi connectivity index (χ1v) is 15.6. The van der Waals surface area contributed by atoms with Crippen molar-refractivity contribution < 1.29 is 21.6 Å². The van der Waals surface area contributed by atoms with E-state index in [0.29, 0.717) is 5.69 Å². The van der Waals surface area contributed by atoms with E-state index >= 15 is 0 Å². The average molecular weight is 619 g/mol. The van der Waals surface area contributed by atoms with Crippen LogP contribution in [-0.4, -0.2) is 29.3 Å². The number of carbonyl (C=O) groups is 1. The van der Waals surface area contributed by atoms with Crippen LogP contribution in [0.5, 0.6) is 0 Å². The number of amides is 1. The number of halogens is 2. The molecular formula is C28H25Cl2N3O5S2. The largest absolute Gasteiger partial charge is 0.325 e. The van der Waals surface area contributed by atoms with Gasteiger partial charge in [0.2, 0.25) is 5.91 Å². The zero-order valence-corrected chi connectivity index (χ0v) is 24.6. The Morgan fingerprint density at radius 3 is 2.08 bits per heavy atom. The molecule has 1 amide bonds. The van der Waals surface area contributed by atoms with Gasteiger partial charge in [-0.25, -0.2) is 16.8 Å². The zero-order valence-electron chi connectivity index (χ0n) is 21.4. The van der Waals surface area contributed by atoms with Crippen molar-refractivity contribution >= 4 is 66.2 Å². The highest BCUT2D eigenvalue weighted by atomic mass is 35.5. The van der Waals surface area contributed by atoms with Crippen LogP contribution < -0.4 is 14.3 Å². The number of anilines is 3. The Morgan fingerprint density at radius 1 is 0.800 bits per heavy atom.